The van der Waals surface area contributed by atoms with Gasteiger partial charge in [-0.15, -0.1) is 11.3 Å². The van der Waals surface area contributed by atoms with Gasteiger partial charge in [0.25, 0.3) is 0 Å². The smallest absolute Gasteiger partial charge is 0.475 e. The van der Waals surface area contributed by atoms with E-state index in [9.17, 15) is 31.1 Å². The zero-order chi connectivity index (χ0) is 28.5. The molecule has 17 heteroatoms. The number of carboxylic acids is 2. The molecule has 2 aromatic heterocycles. The van der Waals surface area contributed by atoms with Crippen molar-refractivity contribution in [2.45, 2.75) is 38.0 Å². The number of alkyl halides is 6. The molecule has 2 aromatic rings. The summed E-state index contributed by atoms with van der Waals surface area (Å²) in [5.41, 5.74) is 0. The lowest BCUT2D eigenvalue weighted by atomic mass is 9.82. The van der Waals surface area contributed by atoms with Crippen molar-refractivity contribution >= 4 is 29.2 Å². The van der Waals surface area contributed by atoms with Crippen LogP contribution >= 0.6 is 11.3 Å². The number of nitrogens with one attached hydrogen (secondary N) is 1. The Morgan fingerprint density at radius 2 is 1.74 bits per heavy atom. The second kappa shape index (κ2) is 13.6. The molecule has 2 saturated heterocycles. The Bertz CT molecular complexity index is 1010. The van der Waals surface area contributed by atoms with Gasteiger partial charge in [0.15, 0.2) is 0 Å². The number of halogens is 6. The van der Waals surface area contributed by atoms with Crippen LogP contribution < -0.4 is 5.32 Å². The molecule has 212 valence electrons. The zero-order valence-corrected chi connectivity index (χ0v) is 20.2. The quantitative estimate of drug-likeness (QED) is 0.459. The fourth-order valence-corrected chi connectivity index (χ4v) is 4.36. The van der Waals surface area contributed by atoms with Crippen LogP contribution in [-0.2, 0) is 32.2 Å². The molecule has 10 nitrogen and oxygen atoms in total. The van der Waals surface area contributed by atoms with Gasteiger partial charge in [-0.1, -0.05) is 0 Å². The number of aromatic nitrogens is 1. The molecular formula is C21H23F6N3O7S. The predicted molar refractivity (Wildman–Crippen MR) is 117 cm³/mol. The summed E-state index contributed by atoms with van der Waals surface area (Å²) in [4.78, 5) is 37.2. The lowest BCUT2D eigenvalue weighted by Gasteiger charge is -2.38. The molecule has 0 saturated carbocycles. The molecule has 2 fully saturated rings. The highest BCUT2D eigenvalue weighted by Gasteiger charge is 2.44. The molecule has 0 radical (unpaired) electrons. The highest BCUT2D eigenvalue weighted by Crippen LogP contribution is 2.34. The summed E-state index contributed by atoms with van der Waals surface area (Å²) in [7, 11) is 0. The SMILES string of the molecule is O=C(NCc1ccco1)[C@@H]1CN(Cc2nccs2)C[C@H]2OCC[C@H]21.O=C(O)C(F)(F)F.O=C(O)C(F)(F)F. The number of likely N-dealkylation sites (tertiary alicyclic amines) is 1. The minimum absolute atomic E-state index is 0.0406. The van der Waals surface area contributed by atoms with Gasteiger partial charge in [0.05, 0.1) is 31.4 Å². The van der Waals surface area contributed by atoms with Crippen LogP contribution in [0.1, 0.15) is 17.2 Å². The fraction of sp³-hybridized carbons (Fsp3) is 0.524. The van der Waals surface area contributed by atoms with Crippen molar-refractivity contribution in [3.63, 3.8) is 0 Å². The molecule has 0 aromatic carbocycles. The summed E-state index contributed by atoms with van der Waals surface area (Å²) in [6.45, 7) is 3.61. The standard InChI is InChI=1S/C17H21N3O3S.2C2HF3O2/c21-17(19-8-12-2-1-5-22-12)14-9-20(11-16-18-4-7-24-16)10-15-13(14)3-6-23-15;2*3-2(4,5)1(6)7/h1-2,4-5,7,13-15H,3,6,8-11H2,(H,19,21);2*(H,6,7)/t13-,14+,15+;;/m0../s1. The molecular weight excluding hydrogens is 552 g/mol. The Labute approximate surface area is 215 Å². The van der Waals surface area contributed by atoms with Gasteiger partial charge >= 0.3 is 24.3 Å². The molecule has 0 unspecified atom stereocenters. The first-order chi connectivity index (χ1) is 17.7. The highest BCUT2D eigenvalue weighted by atomic mass is 32.1. The molecule has 2 aliphatic rings. The maximum absolute atomic E-state index is 12.7. The number of furan rings is 1. The Hall–Kier alpha value is -3.18. The second-order valence-corrected chi connectivity index (χ2v) is 8.97. The first-order valence-corrected chi connectivity index (χ1v) is 11.7. The molecule has 0 bridgehead atoms. The monoisotopic (exact) mass is 575 g/mol. The van der Waals surface area contributed by atoms with Crippen LogP contribution in [0.3, 0.4) is 0 Å². The van der Waals surface area contributed by atoms with Crippen LogP contribution in [0.15, 0.2) is 34.4 Å². The Morgan fingerprint density at radius 3 is 2.24 bits per heavy atom. The van der Waals surface area contributed by atoms with Gasteiger partial charge < -0.3 is 24.7 Å². The number of carbonyl (C=O) groups excluding carboxylic acids is 1. The third-order valence-corrected chi connectivity index (χ3v) is 6.12. The first kappa shape index (κ1) is 31.0. The Morgan fingerprint density at radius 1 is 1.11 bits per heavy atom. The van der Waals surface area contributed by atoms with E-state index in [2.05, 4.69) is 15.2 Å². The summed E-state index contributed by atoms with van der Waals surface area (Å²) < 4.78 is 74.6. The molecule has 4 heterocycles. The van der Waals surface area contributed by atoms with Crippen LogP contribution in [0, 0.1) is 11.8 Å². The average molecular weight is 575 g/mol. The lowest BCUT2D eigenvalue weighted by molar-refractivity contribution is -0.193. The van der Waals surface area contributed by atoms with Crippen LogP contribution in [0.5, 0.6) is 0 Å². The van der Waals surface area contributed by atoms with E-state index in [-0.39, 0.29) is 17.9 Å². The van der Waals surface area contributed by atoms with Crippen molar-refractivity contribution in [1.82, 2.24) is 15.2 Å². The minimum atomic E-state index is -5.08. The van der Waals surface area contributed by atoms with E-state index in [1.165, 1.54) is 0 Å². The number of piperidine rings is 1. The number of ether oxygens (including phenoxy) is 1. The van der Waals surface area contributed by atoms with E-state index >= 15 is 0 Å². The van der Waals surface area contributed by atoms with Crippen molar-refractivity contribution in [2.75, 3.05) is 19.7 Å². The van der Waals surface area contributed by atoms with Crippen LogP contribution in [-0.4, -0.2) is 76.1 Å². The highest BCUT2D eigenvalue weighted by molar-refractivity contribution is 7.09. The Balaban J connectivity index is 0.000000301. The van der Waals surface area contributed by atoms with Crippen molar-refractivity contribution in [2.24, 2.45) is 11.8 Å². The number of hydrogen-bond donors (Lipinski definition) is 3. The first-order valence-electron chi connectivity index (χ1n) is 10.8. The number of thiazole rings is 1. The largest absolute Gasteiger partial charge is 0.490 e. The van der Waals surface area contributed by atoms with Crippen molar-refractivity contribution in [3.8, 4) is 0 Å². The molecule has 0 aliphatic carbocycles. The normalized spacial score (nSPS) is 21.3. The maximum Gasteiger partial charge on any atom is 0.490 e. The van der Waals surface area contributed by atoms with Crippen molar-refractivity contribution < 1.29 is 60.1 Å². The fourth-order valence-electron chi connectivity index (χ4n) is 3.70. The third-order valence-electron chi connectivity index (χ3n) is 5.35. The number of nitrogens with zero attached hydrogens (tertiary/aromatic N) is 2. The summed E-state index contributed by atoms with van der Waals surface area (Å²) >= 11 is 1.65. The van der Waals surface area contributed by atoms with Gasteiger partial charge in [-0.3, -0.25) is 9.69 Å². The summed E-state index contributed by atoms with van der Waals surface area (Å²) in [5.74, 6) is -4.37. The van der Waals surface area contributed by atoms with E-state index in [0.29, 0.717) is 12.5 Å². The summed E-state index contributed by atoms with van der Waals surface area (Å²) in [5, 5.41) is 20.3. The third kappa shape index (κ3) is 9.94. The lowest BCUT2D eigenvalue weighted by Crippen LogP contribution is -2.52. The van der Waals surface area contributed by atoms with E-state index in [0.717, 1.165) is 43.4 Å². The molecule has 2 aliphatic heterocycles. The number of hydrogen-bond acceptors (Lipinski definition) is 8. The summed E-state index contributed by atoms with van der Waals surface area (Å²) in [6, 6.07) is 3.70. The molecule has 1 amide bonds. The van der Waals surface area contributed by atoms with E-state index < -0.39 is 24.3 Å². The van der Waals surface area contributed by atoms with Gasteiger partial charge in [-0.2, -0.15) is 26.3 Å². The molecule has 4 rings (SSSR count). The van der Waals surface area contributed by atoms with Crippen LogP contribution in [0.2, 0.25) is 0 Å². The number of rotatable bonds is 5. The maximum atomic E-state index is 12.7. The van der Waals surface area contributed by atoms with Gasteiger partial charge in [0.2, 0.25) is 5.91 Å². The molecule has 3 atom stereocenters. The number of aliphatic carboxylic acids is 2. The number of carboxylic acid groups (broad SMARTS) is 2. The molecule has 38 heavy (non-hydrogen) atoms. The molecule has 3 N–H and O–H groups in total. The number of fused-ring (bicyclic) bond motifs is 1. The van der Waals surface area contributed by atoms with Gasteiger partial charge in [-0.25, -0.2) is 14.6 Å². The van der Waals surface area contributed by atoms with Gasteiger partial charge in [0.1, 0.15) is 10.8 Å². The second-order valence-electron chi connectivity index (χ2n) is 7.99. The van der Waals surface area contributed by atoms with E-state index in [1.807, 2.05) is 23.7 Å². The van der Waals surface area contributed by atoms with Crippen molar-refractivity contribution in [3.05, 3.63) is 40.7 Å². The topological polar surface area (TPSA) is 142 Å². The zero-order valence-electron chi connectivity index (χ0n) is 19.4. The van der Waals surface area contributed by atoms with Gasteiger partial charge in [0, 0.05) is 37.2 Å². The van der Waals surface area contributed by atoms with Crippen LogP contribution in [0.25, 0.3) is 0 Å². The molecule has 0 spiro atoms. The average Bonchev–Trinajstić information content (AvgIpc) is 3.59. The van der Waals surface area contributed by atoms with Gasteiger partial charge in [-0.05, 0) is 18.6 Å². The van der Waals surface area contributed by atoms with E-state index in [4.69, 9.17) is 29.0 Å². The van der Waals surface area contributed by atoms with Crippen LogP contribution in [0.4, 0.5) is 26.3 Å². The summed E-state index contributed by atoms with van der Waals surface area (Å²) in [6.07, 6.45) is -5.60. The number of carbonyl (C=O) groups is 3. The minimum Gasteiger partial charge on any atom is -0.475 e. The predicted octanol–water partition coefficient (Wildman–Crippen LogP) is 3.16. The van der Waals surface area contributed by atoms with E-state index in [1.54, 1.807) is 17.6 Å². The van der Waals surface area contributed by atoms with Crippen molar-refractivity contribution in [1.29, 1.82) is 0 Å². The Kier molecular flexibility index (Phi) is 11.1. The number of amides is 1.